The smallest absolute Gasteiger partial charge is 0.0512 e. The second-order valence-electron chi connectivity index (χ2n) is 3.95. The summed E-state index contributed by atoms with van der Waals surface area (Å²) in [6, 6.07) is 1.41. The first-order valence-corrected chi connectivity index (χ1v) is 4.59. The fourth-order valence-corrected chi connectivity index (χ4v) is 1.47. The Kier molecular flexibility index (Phi) is 2.90. The minimum atomic E-state index is 0.707. The van der Waals surface area contributed by atoms with Crippen molar-refractivity contribution in [1.82, 2.24) is 9.80 Å². The Balaban J connectivity index is 2.35. The molecule has 0 spiro atoms. The lowest BCUT2D eigenvalue weighted by Crippen LogP contribution is -2.33. The van der Waals surface area contributed by atoms with Gasteiger partial charge in [-0.15, -0.1) is 0 Å². The van der Waals surface area contributed by atoms with E-state index in [1.165, 1.54) is 13.1 Å². The highest BCUT2D eigenvalue weighted by atomic mass is 15.4. The predicted octanol–water partition coefficient (Wildman–Crippen LogP) is 1.38. The Morgan fingerprint density at radius 1 is 0.818 bits per heavy atom. The van der Waals surface area contributed by atoms with Gasteiger partial charge in [-0.1, -0.05) is 0 Å². The molecular weight excluding hydrogens is 136 g/mol. The molecule has 1 saturated heterocycles. The van der Waals surface area contributed by atoms with E-state index in [1.54, 1.807) is 0 Å². The van der Waals surface area contributed by atoms with Crippen molar-refractivity contribution in [1.29, 1.82) is 0 Å². The highest BCUT2D eigenvalue weighted by Crippen LogP contribution is 2.11. The molecular formula is C9H20N2. The predicted molar refractivity (Wildman–Crippen MR) is 48.6 cm³/mol. The van der Waals surface area contributed by atoms with Crippen LogP contribution in [0.1, 0.15) is 27.7 Å². The summed E-state index contributed by atoms with van der Waals surface area (Å²) in [7, 11) is 0. The lowest BCUT2D eigenvalue weighted by atomic mass is 10.3. The van der Waals surface area contributed by atoms with E-state index in [0.29, 0.717) is 12.1 Å². The maximum Gasteiger partial charge on any atom is 0.0512 e. The molecule has 0 saturated carbocycles. The van der Waals surface area contributed by atoms with Gasteiger partial charge in [-0.3, -0.25) is 9.80 Å². The molecule has 0 unspecified atom stereocenters. The molecule has 11 heavy (non-hydrogen) atoms. The molecule has 0 aromatic carbocycles. The van der Waals surface area contributed by atoms with Gasteiger partial charge in [-0.05, 0) is 27.7 Å². The molecule has 2 nitrogen and oxygen atoms in total. The van der Waals surface area contributed by atoms with Crippen LogP contribution in [0, 0.1) is 0 Å². The first kappa shape index (κ1) is 9.01. The molecule has 0 radical (unpaired) electrons. The van der Waals surface area contributed by atoms with E-state index in [2.05, 4.69) is 37.5 Å². The van der Waals surface area contributed by atoms with E-state index < -0.39 is 0 Å². The zero-order valence-electron chi connectivity index (χ0n) is 8.17. The molecule has 1 aliphatic rings. The van der Waals surface area contributed by atoms with E-state index in [-0.39, 0.29) is 0 Å². The molecule has 0 bridgehead atoms. The number of nitrogens with zero attached hydrogens (tertiary/aromatic N) is 2. The Morgan fingerprint density at radius 2 is 1.18 bits per heavy atom. The van der Waals surface area contributed by atoms with E-state index in [1.807, 2.05) is 0 Å². The van der Waals surface area contributed by atoms with E-state index in [9.17, 15) is 0 Å². The minimum Gasteiger partial charge on any atom is -0.287 e. The van der Waals surface area contributed by atoms with Gasteiger partial charge in [0.2, 0.25) is 0 Å². The lowest BCUT2D eigenvalue weighted by Gasteiger charge is -2.23. The van der Waals surface area contributed by atoms with Gasteiger partial charge in [0.1, 0.15) is 0 Å². The van der Waals surface area contributed by atoms with Crippen LogP contribution in [-0.4, -0.2) is 41.6 Å². The van der Waals surface area contributed by atoms with Crippen LogP contribution >= 0.6 is 0 Å². The molecule has 0 N–H and O–H groups in total. The molecule has 0 aromatic rings. The van der Waals surface area contributed by atoms with Gasteiger partial charge >= 0.3 is 0 Å². The average molecular weight is 156 g/mol. The van der Waals surface area contributed by atoms with Crippen molar-refractivity contribution in [3.05, 3.63) is 0 Å². The van der Waals surface area contributed by atoms with E-state index in [4.69, 9.17) is 0 Å². The summed E-state index contributed by atoms with van der Waals surface area (Å²) in [6.45, 7) is 12.7. The maximum atomic E-state index is 2.51. The summed E-state index contributed by atoms with van der Waals surface area (Å²) in [5.74, 6) is 0. The summed E-state index contributed by atoms with van der Waals surface area (Å²) in [6.07, 6.45) is 0. The quantitative estimate of drug-likeness (QED) is 0.596. The first-order valence-electron chi connectivity index (χ1n) is 4.59. The third-order valence-electron chi connectivity index (χ3n) is 2.50. The average Bonchev–Trinajstić information content (AvgIpc) is 2.33. The highest BCUT2D eigenvalue weighted by Gasteiger charge is 2.22. The molecule has 1 rings (SSSR count). The van der Waals surface area contributed by atoms with Crippen LogP contribution in [0.3, 0.4) is 0 Å². The first-order chi connectivity index (χ1) is 5.11. The SMILES string of the molecule is CC(C)N1CCN(C(C)C)C1. The standard InChI is InChI=1S/C9H20N2/c1-8(2)10-5-6-11(7-10)9(3)4/h8-9H,5-7H2,1-4H3. The van der Waals surface area contributed by atoms with Crippen molar-refractivity contribution in [2.45, 2.75) is 39.8 Å². The van der Waals surface area contributed by atoms with Gasteiger partial charge < -0.3 is 0 Å². The molecule has 0 aromatic heterocycles. The van der Waals surface area contributed by atoms with E-state index in [0.717, 1.165) is 6.67 Å². The van der Waals surface area contributed by atoms with E-state index >= 15 is 0 Å². The van der Waals surface area contributed by atoms with Crippen LogP contribution in [-0.2, 0) is 0 Å². The van der Waals surface area contributed by atoms with Gasteiger partial charge in [0, 0.05) is 25.2 Å². The lowest BCUT2D eigenvalue weighted by molar-refractivity contribution is 0.187. The Hall–Kier alpha value is -0.0800. The molecule has 1 aliphatic heterocycles. The second-order valence-corrected chi connectivity index (χ2v) is 3.95. The molecule has 0 aliphatic carbocycles. The third-order valence-corrected chi connectivity index (χ3v) is 2.50. The van der Waals surface area contributed by atoms with Crippen molar-refractivity contribution in [3.8, 4) is 0 Å². The third kappa shape index (κ3) is 2.17. The zero-order chi connectivity index (χ0) is 8.43. The fourth-order valence-electron chi connectivity index (χ4n) is 1.47. The minimum absolute atomic E-state index is 0.707. The molecule has 0 atom stereocenters. The van der Waals surface area contributed by atoms with Gasteiger partial charge in [0.05, 0.1) is 6.67 Å². The van der Waals surface area contributed by atoms with Crippen LogP contribution in [0.15, 0.2) is 0 Å². The number of hydrogen-bond donors (Lipinski definition) is 0. The van der Waals surface area contributed by atoms with Gasteiger partial charge in [-0.2, -0.15) is 0 Å². The van der Waals surface area contributed by atoms with Crippen LogP contribution < -0.4 is 0 Å². The molecule has 2 heteroatoms. The summed E-state index contributed by atoms with van der Waals surface area (Å²) in [5, 5.41) is 0. The molecule has 0 amide bonds. The monoisotopic (exact) mass is 156 g/mol. The second kappa shape index (κ2) is 3.55. The Morgan fingerprint density at radius 3 is 1.36 bits per heavy atom. The van der Waals surface area contributed by atoms with Gasteiger partial charge in [0.25, 0.3) is 0 Å². The van der Waals surface area contributed by atoms with Crippen LogP contribution in [0.25, 0.3) is 0 Å². The van der Waals surface area contributed by atoms with Crippen molar-refractivity contribution in [2.24, 2.45) is 0 Å². The van der Waals surface area contributed by atoms with Crippen LogP contribution in [0.5, 0.6) is 0 Å². The van der Waals surface area contributed by atoms with Gasteiger partial charge in [0.15, 0.2) is 0 Å². The summed E-state index contributed by atoms with van der Waals surface area (Å²) in [4.78, 5) is 5.03. The molecule has 1 heterocycles. The molecule has 66 valence electrons. The van der Waals surface area contributed by atoms with Crippen LogP contribution in [0.2, 0.25) is 0 Å². The number of rotatable bonds is 2. The van der Waals surface area contributed by atoms with Crippen molar-refractivity contribution < 1.29 is 0 Å². The largest absolute Gasteiger partial charge is 0.287 e. The van der Waals surface area contributed by atoms with Crippen molar-refractivity contribution in [3.63, 3.8) is 0 Å². The number of hydrogen-bond acceptors (Lipinski definition) is 2. The fraction of sp³-hybridized carbons (Fsp3) is 1.00. The van der Waals surface area contributed by atoms with Crippen LogP contribution in [0.4, 0.5) is 0 Å². The highest BCUT2D eigenvalue weighted by molar-refractivity contribution is 4.75. The Bertz CT molecular complexity index is 107. The summed E-state index contributed by atoms with van der Waals surface area (Å²) < 4.78 is 0. The van der Waals surface area contributed by atoms with Gasteiger partial charge in [-0.25, -0.2) is 0 Å². The Labute approximate surface area is 70.2 Å². The molecule has 1 fully saturated rings. The summed E-state index contributed by atoms with van der Waals surface area (Å²) >= 11 is 0. The normalized spacial score (nSPS) is 22.4. The summed E-state index contributed by atoms with van der Waals surface area (Å²) in [5.41, 5.74) is 0. The van der Waals surface area contributed by atoms with Crippen molar-refractivity contribution in [2.75, 3.05) is 19.8 Å². The van der Waals surface area contributed by atoms with Crippen molar-refractivity contribution >= 4 is 0 Å². The maximum absolute atomic E-state index is 2.51. The zero-order valence-corrected chi connectivity index (χ0v) is 8.17. The topological polar surface area (TPSA) is 6.48 Å².